The van der Waals surface area contributed by atoms with Crippen molar-refractivity contribution in [3.8, 4) is 0 Å². The number of aromatic nitrogens is 1. The molecule has 1 atom stereocenters. The summed E-state index contributed by atoms with van der Waals surface area (Å²) >= 11 is 0. The Morgan fingerprint density at radius 1 is 1.50 bits per heavy atom. The zero-order valence-electron chi connectivity index (χ0n) is 9.83. The number of nitrogens with zero attached hydrogens (tertiary/aromatic N) is 2. The first-order chi connectivity index (χ1) is 7.83. The van der Waals surface area contributed by atoms with Gasteiger partial charge in [0.15, 0.2) is 0 Å². The van der Waals surface area contributed by atoms with Gasteiger partial charge in [-0.05, 0) is 26.3 Å². The molecule has 0 bridgehead atoms. The normalized spacial score (nSPS) is 25.9. The number of fused-ring (bicyclic) bond motifs is 1. The lowest BCUT2D eigenvalue weighted by molar-refractivity contribution is 0.228. The lowest BCUT2D eigenvalue weighted by Crippen LogP contribution is -2.49. The maximum absolute atomic E-state index is 5.47. The van der Waals surface area contributed by atoms with Crippen molar-refractivity contribution in [3.05, 3.63) is 17.0 Å². The van der Waals surface area contributed by atoms with E-state index in [0.717, 1.165) is 44.7 Å². The molecule has 4 nitrogen and oxygen atoms in total. The zero-order valence-corrected chi connectivity index (χ0v) is 9.83. The number of hydrogen-bond donors (Lipinski definition) is 1. The highest BCUT2D eigenvalue weighted by Gasteiger charge is 2.24. The van der Waals surface area contributed by atoms with Gasteiger partial charge in [-0.1, -0.05) is 5.16 Å². The standard InChI is InChI=1S/C12H19N3O/c1-15-6-5-13-9(8-15)7-12-10-3-2-4-11(10)14-16-12/h9,13H,2-8H2,1H3. The number of rotatable bonds is 2. The van der Waals surface area contributed by atoms with Crippen LogP contribution in [-0.2, 0) is 19.3 Å². The molecule has 3 rings (SSSR count). The van der Waals surface area contributed by atoms with Gasteiger partial charge < -0.3 is 14.7 Å². The van der Waals surface area contributed by atoms with E-state index in [1.165, 1.54) is 17.7 Å². The molecule has 88 valence electrons. The smallest absolute Gasteiger partial charge is 0.141 e. The predicted molar refractivity (Wildman–Crippen MR) is 61.5 cm³/mol. The van der Waals surface area contributed by atoms with Crippen LogP contribution >= 0.6 is 0 Å². The van der Waals surface area contributed by atoms with E-state index in [1.807, 2.05) is 0 Å². The molecule has 0 spiro atoms. The van der Waals surface area contributed by atoms with Crippen LogP contribution in [0.1, 0.15) is 23.4 Å². The molecular formula is C12H19N3O. The largest absolute Gasteiger partial charge is 0.361 e. The van der Waals surface area contributed by atoms with E-state index in [1.54, 1.807) is 0 Å². The maximum atomic E-state index is 5.47. The minimum atomic E-state index is 0.524. The fourth-order valence-corrected chi connectivity index (χ4v) is 2.81. The van der Waals surface area contributed by atoms with Gasteiger partial charge in [0.25, 0.3) is 0 Å². The van der Waals surface area contributed by atoms with Crippen LogP contribution in [-0.4, -0.2) is 42.8 Å². The third-order valence-electron chi connectivity index (χ3n) is 3.68. The van der Waals surface area contributed by atoms with Gasteiger partial charge in [0.2, 0.25) is 0 Å². The Labute approximate surface area is 96.0 Å². The number of hydrogen-bond acceptors (Lipinski definition) is 4. The second-order valence-corrected chi connectivity index (χ2v) is 5.00. The van der Waals surface area contributed by atoms with Crippen LogP contribution in [0, 0.1) is 0 Å². The summed E-state index contributed by atoms with van der Waals surface area (Å²) < 4.78 is 5.47. The van der Waals surface area contributed by atoms with Crippen molar-refractivity contribution in [3.63, 3.8) is 0 Å². The van der Waals surface area contributed by atoms with E-state index < -0.39 is 0 Å². The van der Waals surface area contributed by atoms with Gasteiger partial charge in [0.1, 0.15) is 5.76 Å². The number of aryl methyl sites for hydroxylation is 1. The summed E-state index contributed by atoms with van der Waals surface area (Å²) in [4.78, 5) is 2.37. The minimum absolute atomic E-state index is 0.524. The molecule has 16 heavy (non-hydrogen) atoms. The van der Waals surface area contributed by atoms with Crippen LogP contribution in [0.5, 0.6) is 0 Å². The fourth-order valence-electron chi connectivity index (χ4n) is 2.81. The third kappa shape index (κ3) is 1.87. The van der Waals surface area contributed by atoms with E-state index in [4.69, 9.17) is 4.52 Å². The maximum Gasteiger partial charge on any atom is 0.141 e. The summed E-state index contributed by atoms with van der Waals surface area (Å²) in [5.74, 6) is 1.13. The Morgan fingerprint density at radius 2 is 2.44 bits per heavy atom. The highest BCUT2D eigenvalue weighted by atomic mass is 16.5. The molecule has 0 radical (unpaired) electrons. The Bertz CT molecular complexity index is 374. The number of piperazine rings is 1. The second kappa shape index (κ2) is 4.18. The van der Waals surface area contributed by atoms with Crippen LogP contribution in [0.15, 0.2) is 4.52 Å². The van der Waals surface area contributed by atoms with Crippen molar-refractivity contribution in [1.82, 2.24) is 15.4 Å². The predicted octanol–water partition coefficient (Wildman–Crippen LogP) is 0.609. The fraction of sp³-hybridized carbons (Fsp3) is 0.750. The lowest BCUT2D eigenvalue weighted by atomic mass is 10.1. The summed E-state index contributed by atoms with van der Waals surface area (Å²) in [5, 5.41) is 7.71. The summed E-state index contributed by atoms with van der Waals surface area (Å²) in [7, 11) is 2.18. The van der Waals surface area contributed by atoms with E-state index in [2.05, 4.69) is 22.4 Å². The second-order valence-electron chi connectivity index (χ2n) is 5.00. The molecule has 1 aliphatic heterocycles. The SMILES string of the molecule is CN1CCNC(Cc2onc3c2CCC3)C1. The van der Waals surface area contributed by atoms with Gasteiger partial charge in [-0.25, -0.2) is 0 Å². The Hall–Kier alpha value is -0.870. The molecule has 0 aromatic carbocycles. The average Bonchev–Trinajstić information content (AvgIpc) is 2.83. The molecule has 1 unspecified atom stereocenters. The molecule has 4 heteroatoms. The highest BCUT2D eigenvalue weighted by molar-refractivity contribution is 5.28. The highest BCUT2D eigenvalue weighted by Crippen LogP contribution is 2.25. The van der Waals surface area contributed by atoms with Crippen LogP contribution in [0.3, 0.4) is 0 Å². The molecule has 1 aromatic heterocycles. The molecule has 2 heterocycles. The average molecular weight is 221 g/mol. The molecule has 1 saturated heterocycles. The molecule has 1 N–H and O–H groups in total. The van der Waals surface area contributed by atoms with Crippen molar-refractivity contribution in [2.45, 2.75) is 31.7 Å². The van der Waals surface area contributed by atoms with Crippen molar-refractivity contribution in [2.75, 3.05) is 26.7 Å². The molecule has 2 aliphatic rings. The lowest BCUT2D eigenvalue weighted by Gasteiger charge is -2.30. The van der Waals surface area contributed by atoms with Gasteiger partial charge in [-0.15, -0.1) is 0 Å². The Kier molecular flexibility index (Phi) is 2.69. The van der Waals surface area contributed by atoms with Crippen molar-refractivity contribution in [2.24, 2.45) is 0 Å². The molecule has 1 aliphatic carbocycles. The van der Waals surface area contributed by atoms with Gasteiger partial charge in [-0.2, -0.15) is 0 Å². The Balaban J connectivity index is 1.69. The monoisotopic (exact) mass is 221 g/mol. The van der Waals surface area contributed by atoms with Crippen LogP contribution in [0.2, 0.25) is 0 Å². The summed E-state index contributed by atoms with van der Waals surface area (Å²) in [6, 6.07) is 0.524. The molecular weight excluding hydrogens is 202 g/mol. The number of nitrogens with one attached hydrogen (secondary N) is 1. The van der Waals surface area contributed by atoms with E-state index in [9.17, 15) is 0 Å². The van der Waals surface area contributed by atoms with Crippen LogP contribution < -0.4 is 5.32 Å². The van der Waals surface area contributed by atoms with E-state index in [0.29, 0.717) is 6.04 Å². The first-order valence-corrected chi connectivity index (χ1v) is 6.21. The molecule has 1 fully saturated rings. The first-order valence-electron chi connectivity index (χ1n) is 6.21. The first kappa shape index (κ1) is 10.3. The summed E-state index contributed by atoms with van der Waals surface area (Å²) in [5.41, 5.74) is 2.61. The van der Waals surface area contributed by atoms with Crippen LogP contribution in [0.4, 0.5) is 0 Å². The van der Waals surface area contributed by atoms with Gasteiger partial charge in [-0.3, -0.25) is 0 Å². The topological polar surface area (TPSA) is 41.3 Å². The Morgan fingerprint density at radius 3 is 3.31 bits per heavy atom. The quantitative estimate of drug-likeness (QED) is 0.794. The van der Waals surface area contributed by atoms with Gasteiger partial charge >= 0.3 is 0 Å². The summed E-state index contributed by atoms with van der Waals surface area (Å²) in [6.45, 7) is 3.33. The van der Waals surface area contributed by atoms with E-state index >= 15 is 0 Å². The van der Waals surface area contributed by atoms with Gasteiger partial charge in [0, 0.05) is 37.7 Å². The number of likely N-dealkylation sites (N-methyl/N-ethyl adjacent to an activating group) is 1. The van der Waals surface area contributed by atoms with Crippen molar-refractivity contribution in [1.29, 1.82) is 0 Å². The van der Waals surface area contributed by atoms with Crippen molar-refractivity contribution < 1.29 is 4.52 Å². The zero-order chi connectivity index (χ0) is 11.0. The van der Waals surface area contributed by atoms with Gasteiger partial charge in [0.05, 0.1) is 5.69 Å². The van der Waals surface area contributed by atoms with Crippen molar-refractivity contribution >= 4 is 0 Å². The molecule has 1 aromatic rings. The summed E-state index contributed by atoms with van der Waals surface area (Å²) in [6.07, 6.45) is 4.51. The third-order valence-corrected chi connectivity index (χ3v) is 3.68. The van der Waals surface area contributed by atoms with Crippen LogP contribution in [0.25, 0.3) is 0 Å². The molecule has 0 saturated carbocycles. The molecule has 0 amide bonds. The minimum Gasteiger partial charge on any atom is -0.361 e. The van der Waals surface area contributed by atoms with E-state index in [-0.39, 0.29) is 0 Å².